The number of amides is 2. The lowest BCUT2D eigenvalue weighted by Crippen LogP contribution is -2.37. The molecule has 1 aliphatic rings. The summed E-state index contributed by atoms with van der Waals surface area (Å²) in [7, 11) is 1.65. The highest BCUT2D eigenvalue weighted by Gasteiger charge is 2.32. The molecule has 1 rings (SSSR count). The predicted molar refractivity (Wildman–Crippen MR) is 68.1 cm³/mol. The number of carbonyl (C=O) groups is 2. The molecule has 2 amide bonds. The van der Waals surface area contributed by atoms with Gasteiger partial charge in [0.1, 0.15) is 0 Å². The molecule has 1 saturated heterocycles. The first kappa shape index (κ1) is 14.9. The minimum atomic E-state index is -0.184. The minimum absolute atomic E-state index is 0.0205. The molecule has 0 bridgehead atoms. The average molecular weight is 257 g/mol. The number of nitrogens with one attached hydrogen (secondary N) is 2. The zero-order chi connectivity index (χ0) is 13.4. The smallest absolute Gasteiger partial charge is 0.225 e. The Bertz CT molecular complexity index is 284. The van der Waals surface area contributed by atoms with Gasteiger partial charge in [0.2, 0.25) is 11.8 Å². The van der Waals surface area contributed by atoms with E-state index in [1.54, 1.807) is 12.0 Å². The minimum Gasteiger partial charge on any atom is -0.383 e. The van der Waals surface area contributed by atoms with E-state index in [9.17, 15) is 9.59 Å². The first-order chi connectivity index (χ1) is 8.69. The number of nitrogens with zero attached hydrogens (tertiary/aromatic N) is 1. The van der Waals surface area contributed by atoms with Crippen LogP contribution in [0, 0.1) is 5.92 Å². The van der Waals surface area contributed by atoms with Crippen LogP contribution >= 0.6 is 0 Å². The van der Waals surface area contributed by atoms with Gasteiger partial charge >= 0.3 is 0 Å². The fourth-order valence-electron chi connectivity index (χ4n) is 1.97. The van der Waals surface area contributed by atoms with E-state index >= 15 is 0 Å². The van der Waals surface area contributed by atoms with Crippen LogP contribution in [0.4, 0.5) is 0 Å². The Labute approximate surface area is 108 Å². The first-order valence-corrected chi connectivity index (χ1v) is 6.44. The number of rotatable bonds is 8. The third kappa shape index (κ3) is 4.62. The van der Waals surface area contributed by atoms with E-state index in [2.05, 4.69) is 10.6 Å². The van der Waals surface area contributed by atoms with Crippen LogP contribution in [0.15, 0.2) is 0 Å². The molecular formula is C12H23N3O3. The third-order valence-electron chi connectivity index (χ3n) is 3.05. The Balaban J connectivity index is 2.12. The molecule has 0 saturated carbocycles. The highest BCUT2D eigenvalue weighted by molar-refractivity contribution is 5.89. The van der Waals surface area contributed by atoms with Crippen molar-refractivity contribution in [3.05, 3.63) is 0 Å². The van der Waals surface area contributed by atoms with Crippen molar-refractivity contribution in [2.45, 2.75) is 13.3 Å². The molecule has 0 aliphatic carbocycles. The predicted octanol–water partition coefficient (Wildman–Crippen LogP) is -0.793. The Hall–Kier alpha value is -1.14. The van der Waals surface area contributed by atoms with Crippen LogP contribution < -0.4 is 10.6 Å². The zero-order valence-corrected chi connectivity index (χ0v) is 11.2. The highest BCUT2D eigenvalue weighted by atomic mass is 16.5. The molecule has 2 N–H and O–H groups in total. The van der Waals surface area contributed by atoms with Gasteiger partial charge < -0.3 is 20.3 Å². The van der Waals surface area contributed by atoms with Crippen LogP contribution in [0.25, 0.3) is 0 Å². The van der Waals surface area contributed by atoms with Crippen LogP contribution in [0.5, 0.6) is 0 Å². The normalized spacial score (nSPS) is 19.3. The van der Waals surface area contributed by atoms with Crippen molar-refractivity contribution in [3.63, 3.8) is 0 Å². The van der Waals surface area contributed by atoms with Crippen molar-refractivity contribution in [2.75, 3.05) is 46.4 Å². The topological polar surface area (TPSA) is 70.7 Å². The fraction of sp³-hybridized carbons (Fsp3) is 0.833. The van der Waals surface area contributed by atoms with E-state index in [4.69, 9.17) is 4.74 Å². The van der Waals surface area contributed by atoms with Crippen LogP contribution in [0.3, 0.4) is 0 Å². The van der Waals surface area contributed by atoms with E-state index in [1.807, 2.05) is 6.92 Å². The number of carbonyl (C=O) groups excluding carboxylic acids is 2. The van der Waals surface area contributed by atoms with Crippen molar-refractivity contribution in [2.24, 2.45) is 5.92 Å². The standard InChI is InChI=1S/C12H23N3O3/c1-3-15-9-10(8-11(15)16)12(17)14-5-4-13-6-7-18-2/h10,13H,3-9H2,1-2H3,(H,14,17). The summed E-state index contributed by atoms with van der Waals surface area (Å²) in [6, 6.07) is 0. The molecule has 1 unspecified atom stereocenters. The second kappa shape index (κ2) is 8.05. The molecular weight excluding hydrogens is 234 g/mol. The summed E-state index contributed by atoms with van der Waals surface area (Å²) >= 11 is 0. The van der Waals surface area contributed by atoms with Gasteiger partial charge in [-0.2, -0.15) is 0 Å². The summed E-state index contributed by atoms with van der Waals surface area (Å²) in [6.45, 7) is 5.90. The number of likely N-dealkylation sites (tertiary alicyclic amines) is 1. The van der Waals surface area contributed by atoms with Gasteiger partial charge in [-0.25, -0.2) is 0 Å². The number of ether oxygens (including phenoxy) is 1. The first-order valence-electron chi connectivity index (χ1n) is 6.44. The van der Waals surface area contributed by atoms with Gasteiger partial charge in [0.15, 0.2) is 0 Å². The van der Waals surface area contributed by atoms with E-state index in [1.165, 1.54) is 0 Å². The Kier molecular flexibility index (Phi) is 6.67. The van der Waals surface area contributed by atoms with E-state index in [0.29, 0.717) is 39.2 Å². The van der Waals surface area contributed by atoms with E-state index in [0.717, 1.165) is 6.54 Å². The highest BCUT2D eigenvalue weighted by Crippen LogP contribution is 2.17. The van der Waals surface area contributed by atoms with Gasteiger partial charge in [-0.15, -0.1) is 0 Å². The second-order valence-electron chi connectivity index (χ2n) is 4.37. The van der Waals surface area contributed by atoms with Gasteiger partial charge in [-0.05, 0) is 6.92 Å². The molecule has 0 spiro atoms. The Morgan fingerprint density at radius 3 is 2.83 bits per heavy atom. The molecule has 1 heterocycles. The molecule has 1 aliphatic heterocycles. The summed E-state index contributed by atoms with van der Waals surface area (Å²) < 4.78 is 4.89. The van der Waals surface area contributed by atoms with Crippen molar-refractivity contribution in [3.8, 4) is 0 Å². The lowest BCUT2D eigenvalue weighted by molar-refractivity contribution is -0.128. The molecule has 104 valence electrons. The van der Waals surface area contributed by atoms with Gasteiger partial charge in [-0.1, -0.05) is 0 Å². The summed E-state index contributed by atoms with van der Waals surface area (Å²) in [5, 5.41) is 5.99. The monoisotopic (exact) mass is 257 g/mol. The van der Waals surface area contributed by atoms with Crippen molar-refractivity contribution >= 4 is 11.8 Å². The molecule has 6 heteroatoms. The zero-order valence-electron chi connectivity index (χ0n) is 11.2. The van der Waals surface area contributed by atoms with Crippen LogP contribution in [0.1, 0.15) is 13.3 Å². The second-order valence-corrected chi connectivity index (χ2v) is 4.37. The Morgan fingerprint density at radius 2 is 2.22 bits per heavy atom. The molecule has 6 nitrogen and oxygen atoms in total. The maximum atomic E-state index is 11.8. The molecule has 0 radical (unpaired) electrons. The maximum Gasteiger partial charge on any atom is 0.225 e. The van der Waals surface area contributed by atoms with E-state index < -0.39 is 0 Å². The van der Waals surface area contributed by atoms with Gasteiger partial charge in [0, 0.05) is 46.3 Å². The van der Waals surface area contributed by atoms with Crippen LogP contribution in [0.2, 0.25) is 0 Å². The molecule has 1 atom stereocenters. The number of methoxy groups -OCH3 is 1. The van der Waals surface area contributed by atoms with E-state index in [-0.39, 0.29) is 17.7 Å². The Morgan fingerprint density at radius 1 is 1.44 bits per heavy atom. The molecule has 0 aromatic rings. The summed E-state index contributed by atoms with van der Waals surface area (Å²) in [4.78, 5) is 25.0. The van der Waals surface area contributed by atoms with Crippen LogP contribution in [-0.2, 0) is 14.3 Å². The third-order valence-corrected chi connectivity index (χ3v) is 3.05. The fourth-order valence-corrected chi connectivity index (χ4v) is 1.97. The maximum absolute atomic E-state index is 11.8. The molecule has 0 aromatic carbocycles. The van der Waals surface area contributed by atoms with Gasteiger partial charge in [-0.3, -0.25) is 9.59 Å². The molecule has 18 heavy (non-hydrogen) atoms. The van der Waals surface area contributed by atoms with Crippen molar-refractivity contribution < 1.29 is 14.3 Å². The van der Waals surface area contributed by atoms with Gasteiger partial charge in [0.25, 0.3) is 0 Å². The quantitative estimate of drug-likeness (QED) is 0.559. The lowest BCUT2D eigenvalue weighted by atomic mass is 10.1. The summed E-state index contributed by atoms with van der Waals surface area (Å²) in [5.74, 6) is -0.125. The molecule has 1 fully saturated rings. The molecule has 0 aromatic heterocycles. The summed E-state index contributed by atoms with van der Waals surface area (Å²) in [6.07, 6.45) is 0.344. The largest absolute Gasteiger partial charge is 0.383 e. The summed E-state index contributed by atoms with van der Waals surface area (Å²) in [5.41, 5.74) is 0. The number of hydrogen-bond acceptors (Lipinski definition) is 4. The average Bonchev–Trinajstić information content (AvgIpc) is 2.74. The van der Waals surface area contributed by atoms with Crippen molar-refractivity contribution in [1.29, 1.82) is 0 Å². The SMILES string of the molecule is CCN1CC(C(=O)NCCNCCOC)CC1=O. The van der Waals surface area contributed by atoms with Gasteiger partial charge in [0.05, 0.1) is 12.5 Å². The number of hydrogen-bond donors (Lipinski definition) is 2. The van der Waals surface area contributed by atoms with Crippen LogP contribution in [-0.4, -0.2) is 63.2 Å². The van der Waals surface area contributed by atoms with Crippen molar-refractivity contribution in [1.82, 2.24) is 15.5 Å². The lowest BCUT2D eigenvalue weighted by Gasteiger charge is -2.13.